The van der Waals surface area contributed by atoms with Gasteiger partial charge in [-0.2, -0.15) is 26.3 Å². The van der Waals surface area contributed by atoms with E-state index >= 15 is 0 Å². The van der Waals surface area contributed by atoms with Crippen molar-refractivity contribution in [1.82, 2.24) is 9.88 Å². The normalized spacial score (nSPS) is 15.2. The lowest BCUT2D eigenvalue weighted by molar-refractivity contribution is -0.143. The fourth-order valence-electron chi connectivity index (χ4n) is 3.57. The van der Waals surface area contributed by atoms with Gasteiger partial charge in [0, 0.05) is 22.7 Å². The number of thiazole rings is 1. The number of hydrogen-bond donors (Lipinski definition) is 2. The fraction of sp³-hybridized carbons (Fsp3) is 0.208. The Kier molecular flexibility index (Phi) is 8.63. The number of nitrogens with one attached hydrogen (secondary N) is 1. The second kappa shape index (κ2) is 11.5. The average molecular weight is 652 g/mol. The zero-order chi connectivity index (χ0) is 30.3. The SMILES string of the molecule is Cc1sc(NC(=O)CCN2C(=O)/C(=C/c3cc(-c4cc(C(F)(F)F)cc(C(F)(F)F)c4)cs3)SC2=S)nc1C(=O)O. The first-order valence-electron chi connectivity index (χ1n) is 11.2. The molecule has 4 rings (SSSR count). The molecule has 3 aromatic rings. The number of rotatable bonds is 7. The summed E-state index contributed by atoms with van der Waals surface area (Å²) in [6.45, 7) is 1.45. The van der Waals surface area contributed by atoms with Gasteiger partial charge in [0.2, 0.25) is 5.91 Å². The lowest BCUT2D eigenvalue weighted by Crippen LogP contribution is -2.31. The molecule has 0 spiro atoms. The van der Waals surface area contributed by atoms with E-state index < -0.39 is 41.3 Å². The van der Waals surface area contributed by atoms with Crippen molar-refractivity contribution in [1.29, 1.82) is 0 Å². The van der Waals surface area contributed by atoms with Crippen LogP contribution in [0.1, 0.15) is 37.8 Å². The van der Waals surface area contributed by atoms with E-state index in [0.29, 0.717) is 21.9 Å². The molecule has 0 saturated carbocycles. The highest BCUT2D eigenvalue weighted by Crippen LogP contribution is 2.40. The Morgan fingerprint density at radius 2 is 1.71 bits per heavy atom. The van der Waals surface area contributed by atoms with Gasteiger partial charge in [0.1, 0.15) is 4.32 Å². The number of thiocarbonyl (C=S) groups is 1. The van der Waals surface area contributed by atoms with Crippen LogP contribution in [0.15, 0.2) is 34.6 Å². The molecule has 7 nitrogen and oxygen atoms in total. The highest BCUT2D eigenvalue weighted by molar-refractivity contribution is 8.26. The van der Waals surface area contributed by atoms with E-state index in [2.05, 4.69) is 10.3 Å². The Morgan fingerprint density at radius 1 is 1.07 bits per heavy atom. The summed E-state index contributed by atoms with van der Waals surface area (Å²) in [5.41, 5.74) is -3.24. The number of alkyl halides is 6. The molecule has 2 aromatic heterocycles. The zero-order valence-electron chi connectivity index (χ0n) is 20.3. The van der Waals surface area contributed by atoms with Gasteiger partial charge >= 0.3 is 18.3 Å². The largest absolute Gasteiger partial charge is 0.476 e. The number of thiophene rings is 1. The molecule has 0 bridgehead atoms. The maximum atomic E-state index is 13.2. The van der Waals surface area contributed by atoms with Crippen LogP contribution in [0.2, 0.25) is 0 Å². The minimum atomic E-state index is -4.99. The number of carboxylic acid groups (broad SMARTS) is 1. The van der Waals surface area contributed by atoms with Crippen molar-refractivity contribution in [3.05, 3.63) is 61.1 Å². The van der Waals surface area contributed by atoms with Crippen molar-refractivity contribution in [3.63, 3.8) is 0 Å². The van der Waals surface area contributed by atoms with Gasteiger partial charge in [0.25, 0.3) is 5.91 Å². The number of thioether (sulfide) groups is 1. The molecule has 0 radical (unpaired) electrons. The average Bonchev–Trinajstić information content (AvgIpc) is 3.54. The van der Waals surface area contributed by atoms with E-state index in [1.165, 1.54) is 22.4 Å². The predicted octanol–water partition coefficient (Wildman–Crippen LogP) is 7.15. The van der Waals surface area contributed by atoms with Crippen LogP contribution in [0, 0.1) is 6.92 Å². The van der Waals surface area contributed by atoms with Crippen molar-refractivity contribution in [2.45, 2.75) is 25.7 Å². The molecule has 0 atom stereocenters. The second-order valence-electron chi connectivity index (χ2n) is 8.39. The Hall–Kier alpha value is -3.28. The third-order valence-corrected chi connectivity index (χ3v) is 8.64. The Morgan fingerprint density at radius 3 is 2.27 bits per heavy atom. The number of benzene rings is 1. The molecule has 1 fully saturated rings. The fourth-order valence-corrected chi connectivity index (χ4v) is 6.61. The highest BCUT2D eigenvalue weighted by Gasteiger charge is 2.37. The molecule has 0 aliphatic carbocycles. The first-order valence-corrected chi connectivity index (χ1v) is 14.1. The standard InChI is InChI=1S/C24H15F6N3O4S4/c1-10-18(20(36)37)32-21(40-10)31-17(34)2-3-33-19(35)16(41-22(33)38)8-15-6-12(9-39-15)11-4-13(23(25,26)27)7-14(5-11)24(28,29)30/h4-9H,2-3H2,1H3,(H,36,37)(H,31,32,34)/b16-8-. The third kappa shape index (κ3) is 7.14. The van der Waals surface area contributed by atoms with Crippen LogP contribution in [0.4, 0.5) is 31.5 Å². The number of carboxylic acids is 1. The quantitative estimate of drug-likeness (QED) is 0.159. The van der Waals surface area contributed by atoms with Crippen LogP contribution in [0.25, 0.3) is 17.2 Å². The maximum Gasteiger partial charge on any atom is 0.416 e. The number of aromatic carboxylic acids is 1. The van der Waals surface area contributed by atoms with E-state index in [4.69, 9.17) is 17.3 Å². The molecule has 0 unspecified atom stereocenters. The van der Waals surface area contributed by atoms with Crippen LogP contribution in [0.5, 0.6) is 0 Å². The monoisotopic (exact) mass is 651 g/mol. The molecule has 216 valence electrons. The number of carbonyl (C=O) groups excluding carboxylic acids is 2. The number of amides is 2. The van der Waals surface area contributed by atoms with Gasteiger partial charge in [0.05, 0.1) is 16.0 Å². The summed E-state index contributed by atoms with van der Waals surface area (Å²) in [5.74, 6) is -2.29. The predicted molar refractivity (Wildman–Crippen MR) is 147 cm³/mol. The molecular formula is C24H15F6N3O4S4. The molecule has 1 aliphatic rings. The Balaban J connectivity index is 1.46. The van der Waals surface area contributed by atoms with Crippen molar-refractivity contribution in [2.24, 2.45) is 0 Å². The van der Waals surface area contributed by atoms with Gasteiger partial charge in [-0.05, 0) is 53.8 Å². The van der Waals surface area contributed by atoms with Gasteiger partial charge in [-0.25, -0.2) is 9.78 Å². The molecule has 1 aromatic carbocycles. The minimum Gasteiger partial charge on any atom is -0.476 e. The molecule has 17 heteroatoms. The van der Waals surface area contributed by atoms with Gasteiger partial charge < -0.3 is 10.4 Å². The van der Waals surface area contributed by atoms with E-state index in [1.807, 2.05) is 0 Å². The van der Waals surface area contributed by atoms with Crippen molar-refractivity contribution in [3.8, 4) is 11.1 Å². The number of hydrogen-bond acceptors (Lipinski definition) is 8. The first kappa shape index (κ1) is 30.7. The summed E-state index contributed by atoms with van der Waals surface area (Å²) in [6, 6.07) is 2.66. The topological polar surface area (TPSA) is 99.6 Å². The summed E-state index contributed by atoms with van der Waals surface area (Å²) >= 11 is 8.15. The third-order valence-electron chi connectivity index (χ3n) is 5.50. The van der Waals surface area contributed by atoms with Gasteiger partial charge in [-0.15, -0.1) is 22.7 Å². The van der Waals surface area contributed by atoms with Crippen LogP contribution in [-0.2, 0) is 21.9 Å². The molecule has 1 aliphatic heterocycles. The summed E-state index contributed by atoms with van der Waals surface area (Å²) < 4.78 is 79.5. The van der Waals surface area contributed by atoms with Crippen LogP contribution in [0.3, 0.4) is 0 Å². The minimum absolute atomic E-state index is 0.0493. The summed E-state index contributed by atoms with van der Waals surface area (Å²) in [4.78, 5) is 42.3. The van der Waals surface area contributed by atoms with Crippen LogP contribution < -0.4 is 5.32 Å². The molecule has 2 N–H and O–H groups in total. The zero-order valence-corrected chi connectivity index (χ0v) is 23.6. The first-order chi connectivity index (χ1) is 19.0. The molecular weight excluding hydrogens is 637 g/mol. The second-order valence-corrected chi connectivity index (χ2v) is 12.2. The Bertz CT molecular complexity index is 1560. The van der Waals surface area contributed by atoms with Gasteiger partial charge in [-0.1, -0.05) is 24.0 Å². The lowest BCUT2D eigenvalue weighted by atomic mass is 10.0. The lowest BCUT2D eigenvalue weighted by Gasteiger charge is -2.13. The Labute approximate surface area is 244 Å². The number of carbonyl (C=O) groups is 3. The van der Waals surface area contributed by atoms with Gasteiger partial charge in [0.15, 0.2) is 10.8 Å². The molecule has 41 heavy (non-hydrogen) atoms. The summed E-state index contributed by atoms with van der Waals surface area (Å²) in [5, 5.41) is 13.0. The van der Waals surface area contributed by atoms with Crippen molar-refractivity contribution in [2.75, 3.05) is 11.9 Å². The van der Waals surface area contributed by atoms with Crippen LogP contribution in [-0.4, -0.2) is 43.6 Å². The summed E-state index contributed by atoms with van der Waals surface area (Å²) in [6.07, 6.45) is -8.74. The smallest absolute Gasteiger partial charge is 0.416 e. The van der Waals surface area contributed by atoms with E-state index in [0.717, 1.165) is 34.4 Å². The number of aryl methyl sites for hydroxylation is 1. The van der Waals surface area contributed by atoms with E-state index in [-0.39, 0.29) is 50.2 Å². The molecule has 1 saturated heterocycles. The maximum absolute atomic E-state index is 13.2. The van der Waals surface area contributed by atoms with Crippen molar-refractivity contribution >= 4 is 80.0 Å². The number of halogens is 6. The number of nitrogens with zero attached hydrogens (tertiary/aromatic N) is 2. The number of aromatic nitrogens is 1. The van der Waals surface area contributed by atoms with Crippen molar-refractivity contribution < 1.29 is 45.8 Å². The van der Waals surface area contributed by atoms with E-state index in [9.17, 15) is 40.7 Å². The van der Waals surface area contributed by atoms with Crippen LogP contribution >= 0.6 is 46.7 Å². The molecule has 2 amide bonds. The van der Waals surface area contributed by atoms with Gasteiger partial charge in [-0.3, -0.25) is 14.5 Å². The molecule has 3 heterocycles. The number of anilines is 1. The highest BCUT2D eigenvalue weighted by atomic mass is 32.2. The van der Waals surface area contributed by atoms with E-state index in [1.54, 1.807) is 6.92 Å². The summed E-state index contributed by atoms with van der Waals surface area (Å²) in [7, 11) is 0.